The van der Waals surface area contributed by atoms with Gasteiger partial charge in [0.15, 0.2) is 0 Å². The normalized spacial score (nSPS) is 13.4. The monoisotopic (exact) mass is 491 g/mol. The van der Waals surface area contributed by atoms with E-state index in [2.05, 4.69) is 16.5 Å². The van der Waals surface area contributed by atoms with Gasteiger partial charge in [0.25, 0.3) is 0 Å². The molecule has 0 aliphatic heterocycles. The molecule has 0 radical (unpaired) electrons. The number of benzene rings is 1. The van der Waals surface area contributed by atoms with Gasteiger partial charge in [0.2, 0.25) is 16.0 Å². The summed E-state index contributed by atoms with van der Waals surface area (Å²) in [6.45, 7) is 13.6. The number of hydrogen-bond acceptors (Lipinski definition) is 5. The van der Waals surface area contributed by atoms with Crippen LogP contribution in [0.2, 0.25) is 0 Å². The molecule has 2 rings (SSSR count). The Balaban J connectivity index is 0.00000281. The third-order valence-electron chi connectivity index (χ3n) is 5.08. The SMILES string of the molecule is C=CC[C@H](O)CC(C)/C=C/c1c(-c2ccc(F)cc2)nc(N(C)S(C)(=O)=O)nc1C(C)C.CC. The molecule has 0 amide bonds. The van der Waals surface area contributed by atoms with Crippen LogP contribution in [0, 0.1) is 11.7 Å². The number of nitrogens with zero attached hydrogens (tertiary/aromatic N) is 3. The highest BCUT2D eigenvalue weighted by Gasteiger charge is 2.22. The predicted molar refractivity (Wildman–Crippen MR) is 140 cm³/mol. The van der Waals surface area contributed by atoms with Crippen LogP contribution >= 0.6 is 0 Å². The summed E-state index contributed by atoms with van der Waals surface area (Å²) in [6, 6.07) is 5.91. The second kappa shape index (κ2) is 13.3. The third kappa shape index (κ3) is 8.33. The maximum absolute atomic E-state index is 13.5. The summed E-state index contributed by atoms with van der Waals surface area (Å²) in [5.41, 5.74) is 2.59. The maximum atomic E-state index is 13.5. The first kappa shape index (κ1) is 29.5. The third-order valence-corrected chi connectivity index (χ3v) is 6.24. The molecule has 0 fully saturated rings. The fraction of sp³-hybridized carbons (Fsp3) is 0.462. The van der Waals surface area contributed by atoms with Crippen molar-refractivity contribution >= 4 is 22.0 Å². The molecule has 0 aliphatic rings. The summed E-state index contributed by atoms with van der Waals surface area (Å²) in [5, 5.41) is 10.1. The van der Waals surface area contributed by atoms with Crippen molar-refractivity contribution in [3.05, 3.63) is 60.1 Å². The number of sulfonamides is 1. The lowest BCUT2D eigenvalue weighted by molar-refractivity contribution is 0.156. The zero-order valence-electron chi connectivity index (χ0n) is 21.3. The number of anilines is 1. The Labute approximate surface area is 204 Å². The quantitative estimate of drug-likeness (QED) is 0.424. The van der Waals surface area contributed by atoms with E-state index in [-0.39, 0.29) is 23.6 Å². The minimum Gasteiger partial charge on any atom is -0.393 e. The summed E-state index contributed by atoms with van der Waals surface area (Å²) in [7, 11) is -2.16. The number of hydrogen-bond donors (Lipinski definition) is 1. The molecule has 2 aromatic rings. The van der Waals surface area contributed by atoms with Crippen molar-refractivity contribution in [2.45, 2.75) is 59.5 Å². The average Bonchev–Trinajstić information content (AvgIpc) is 2.78. The lowest BCUT2D eigenvalue weighted by atomic mass is 9.95. The Morgan fingerprint density at radius 2 is 1.74 bits per heavy atom. The minimum absolute atomic E-state index is 0.0229. The van der Waals surface area contributed by atoms with Gasteiger partial charge in [-0.1, -0.05) is 52.8 Å². The van der Waals surface area contributed by atoms with E-state index in [0.29, 0.717) is 29.8 Å². The van der Waals surface area contributed by atoms with Gasteiger partial charge in [-0.05, 0) is 48.9 Å². The predicted octanol–water partition coefficient (Wildman–Crippen LogP) is 5.80. The summed E-state index contributed by atoms with van der Waals surface area (Å²) >= 11 is 0. The van der Waals surface area contributed by atoms with Gasteiger partial charge in [-0.25, -0.2) is 27.1 Å². The molecular weight excluding hydrogens is 453 g/mol. The van der Waals surface area contributed by atoms with E-state index in [1.165, 1.54) is 19.2 Å². The fourth-order valence-electron chi connectivity index (χ4n) is 3.25. The van der Waals surface area contributed by atoms with Crippen LogP contribution in [0.15, 0.2) is 43.0 Å². The zero-order valence-corrected chi connectivity index (χ0v) is 22.1. The highest BCUT2D eigenvalue weighted by atomic mass is 32.2. The molecule has 0 bridgehead atoms. The molecule has 0 spiro atoms. The zero-order chi connectivity index (χ0) is 26.1. The number of aliphatic hydroxyl groups is 1. The smallest absolute Gasteiger partial charge is 0.239 e. The topological polar surface area (TPSA) is 83.4 Å². The van der Waals surface area contributed by atoms with Crippen LogP contribution in [0.25, 0.3) is 17.3 Å². The standard InChI is InChI=1S/C24H32FN3O3S.C2H6/c1-7-8-20(29)15-17(4)9-14-21-22(16(2)3)26-24(28(5)32(6,30)31)27-23(21)18-10-12-19(25)13-11-18;1-2/h7,9-14,16-17,20,29H,1,8,15H2,2-6H3;1-2H3/b14-9+;/t17?,20-;/m0./s1. The molecule has 1 heterocycles. The van der Waals surface area contributed by atoms with E-state index in [0.717, 1.165) is 16.1 Å². The van der Waals surface area contributed by atoms with Crippen molar-refractivity contribution in [3.8, 4) is 11.3 Å². The molecule has 188 valence electrons. The van der Waals surface area contributed by atoms with Crippen LogP contribution in [0.4, 0.5) is 10.3 Å². The van der Waals surface area contributed by atoms with E-state index in [1.807, 2.05) is 46.8 Å². The van der Waals surface area contributed by atoms with Gasteiger partial charge in [-0.15, -0.1) is 6.58 Å². The number of aromatic nitrogens is 2. The van der Waals surface area contributed by atoms with Crippen LogP contribution in [0.3, 0.4) is 0 Å². The van der Waals surface area contributed by atoms with Crippen molar-refractivity contribution in [2.24, 2.45) is 5.92 Å². The second-order valence-electron chi connectivity index (χ2n) is 8.31. The van der Waals surface area contributed by atoms with Crippen LogP contribution in [0.1, 0.15) is 64.6 Å². The Hall–Kier alpha value is -2.58. The van der Waals surface area contributed by atoms with Crippen molar-refractivity contribution in [2.75, 3.05) is 17.6 Å². The Bertz CT molecular complexity index is 1070. The summed E-state index contributed by atoms with van der Waals surface area (Å²) in [5.74, 6) is -0.265. The van der Waals surface area contributed by atoms with Crippen LogP contribution in [-0.4, -0.2) is 42.9 Å². The van der Waals surface area contributed by atoms with Crippen LogP contribution < -0.4 is 4.31 Å². The van der Waals surface area contributed by atoms with Crippen molar-refractivity contribution in [3.63, 3.8) is 0 Å². The van der Waals surface area contributed by atoms with Gasteiger partial charge in [0, 0.05) is 18.2 Å². The van der Waals surface area contributed by atoms with Crippen molar-refractivity contribution in [1.82, 2.24) is 9.97 Å². The summed E-state index contributed by atoms with van der Waals surface area (Å²) in [6.07, 6.45) is 7.28. The molecule has 1 unspecified atom stereocenters. The van der Waals surface area contributed by atoms with E-state index in [4.69, 9.17) is 0 Å². The molecule has 1 aromatic carbocycles. The largest absolute Gasteiger partial charge is 0.393 e. The van der Waals surface area contributed by atoms with Crippen molar-refractivity contribution < 1.29 is 17.9 Å². The minimum atomic E-state index is -3.57. The molecule has 0 saturated heterocycles. The van der Waals surface area contributed by atoms with Gasteiger partial charge in [-0.2, -0.15) is 0 Å². The second-order valence-corrected chi connectivity index (χ2v) is 10.3. The van der Waals surface area contributed by atoms with Crippen LogP contribution in [-0.2, 0) is 10.0 Å². The van der Waals surface area contributed by atoms with Gasteiger partial charge in [-0.3, -0.25) is 0 Å². The molecular formula is C26H38FN3O3S. The van der Waals surface area contributed by atoms with Crippen LogP contribution in [0.5, 0.6) is 0 Å². The molecule has 34 heavy (non-hydrogen) atoms. The van der Waals surface area contributed by atoms with Crippen molar-refractivity contribution in [1.29, 1.82) is 0 Å². The first-order valence-corrected chi connectivity index (χ1v) is 13.4. The summed E-state index contributed by atoms with van der Waals surface area (Å²) < 4.78 is 38.8. The van der Waals surface area contributed by atoms with E-state index in [9.17, 15) is 17.9 Å². The van der Waals surface area contributed by atoms with Gasteiger partial charge < -0.3 is 5.11 Å². The molecule has 0 aliphatic carbocycles. The molecule has 0 saturated carbocycles. The van der Waals surface area contributed by atoms with E-state index >= 15 is 0 Å². The highest BCUT2D eigenvalue weighted by molar-refractivity contribution is 7.92. The van der Waals surface area contributed by atoms with Gasteiger partial charge in [0.05, 0.1) is 23.7 Å². The number of rotatable bonds is 10. The fourth-order valence-corrected chi connectivity index (χ4v) is 3.63. The average molecular weight is 492 g/mol. The molecule has 1 aromatic heterocycles. The number of halogens is 1. The first-order valence-electron chi connectivity index (χ1n) is 11.5. The molecule has 1 N–H and O–H groups in total. The van der Waals surface area contributed by atoms with Gasteiger partial charge >= 0.3 is 0 Å². The first-order chi connectivity index (χ1) is 15.9. The van der Waals surface area contributed by atoms with Gasteiger partial charge in [0.1, 0.15) is 5.82 Å². The molecule has 2 atom stereocenters. The highest BCUT2D eigenvalue weighted by Crippen LogP contribution is 2.32. The van der Waals surface area contributed by atoms with E-state index in [1.54, 1.807) is 18.2 Å². The molecule has 8 heteroatoms. The summed E-state index contributed by atoms with van der Waals surface area (Å²) in [4.78, 5) is 9.11. The number of aliphatic hydroxyl groups excluding tert-OH is 1. The maximum Gasteiger partial charge on any atom is 0.239 e. The Kier molecular flexibility index (Phi) is 11.6. The Morgan fingerprint density at radius 1 is 1.15 bits per heavy atom. The van der Waals surface area contributed by atoms with E-state index < -0.39 is 16.1 Å². The molecule has 6 nitrogen and oxygen atoms in total. The lowest BCUT2D eigenvalue weighted by Crippen LogP contribution is -2.27. The lowest BCUT2D eigenvalue weighted by Gasteiger charge is -2.20. The number of allylic oxidation sites excluding steroid dienone is 1. The Morgan fingerprint density at radius 3 is 2.24 bits per heavy atom.